The molecular formula is C14H10N2O4S. The molecule has 21 heavy (non-hydrogen) atoms. The molecule has 1 atom stereocenters. The van der Waals surface area contributed by atoms with Gasteiger partial charge >= 0.3 is 0 Å². The number of rotatable bonds is 2. The first kappa shape index (κ1) is 13.4. The van der Waals surface area contributed by atoms with Crippen LogP contribution in [-0.4, -0.2) is 19.3 Å². The molecule has 0 spiro atoms. The zero-order valence-corrected chi connectivity index (χ0v) is 11.6. The van der Waals surface area contributed by atoms with Gasteiger partial charge in [-0.3, -0.25) is 14.9 Å². The van der Waals surface area contributed by atoms with Gasteiger partial charge in [-0.2, -0.15) is 0 Å². The average Bonchev–Trinajstić information content (AvgIpc) is 2.84. The number of nitro groups is 1. The minimum absolute atomic E-state index is 0.0858. The van der Waals surface area contributed by atoms with Gasteiger partial charge in [-0.05, 0) is 23.8 Å². The molecule has 0 aromatic heterocycles. The first-order valence-electron chi connectivity index (χ1n) is 6.14. The Morgan fingerprint density at radius 3 is 2.43 bits per heavy atom. The highest BCUT2D eigenvalue weighted by Crippen LogP contribution is 2.28. The maximum atomic E-state index is 12.4. The monoisotopic (exact) mass is 302 g/mol. The summed E-state index contributed by atoms with van der Waals surface area (Å²) in [5, 5.41) is 10.6. The largest absolute Gasteiger partial charge is 0.269 e. The van der Waals surface area contributed by atoms with E-state index in [2.05, 4.69) is 0 Å². The van der Waals surface area contributed by atoms with Crippen LogP contribution in [0.3, 0.4) is 0 Å². The molecule has 2 aromatic carbocycles. The smallest absolute Gasteiger partial charge is 0.268 e. The van der Waals surface area contributed by atoms with Gasteiger partial charge in [0.15, 0.2) is 11.0 Å². The molecule has 3 rings (SSSR count). The van der Waals surface area contributed by atoms with Crippen LogP contribution in [0, 0.1) is 10.1 Å². The number of non-ortho nitro benzene ring substituents is 1. The summed E-state index contributed by atoms with van der Waals surface area (Å²) in [6.07, 6.45) is 0. The number of hydrogen-bond donors (Lipinski definition) is 0. The van der Waals surface area contributed by atoms with E-state index in [1.807, 2.05) is 12.1 Å². The van der Waals surface area contributed by atoms with Gasteiger partial charge in [0.05, 0.1) is 16.4 Å². The van der Waals surface area contributed by atoms with Crippen molar-refractivity contribution >= 4 is 22.6 Å². The second-order valence-corrected chi connectivity index (χ2v) is 5.88. The molecule has 0 N–H and O–H groups in total. The van der Waals surface area contributed by atoms with Crippen LogP contribution >= 0.6 is 0 Å². The Morgan fingerprint density at radius 2 is 1.81 bits per heavy atom. The third-order valence-electron chi connectivity index (χ3n) is 3.23. The predicted molar refractivity (Wildman–Crippen MR) is 75.8 cm³/mol. The lowest BCUT2D eigenvalue weighted by atomic mass is 10.2. The van der Waals surface area contributed by atoms with Gasteiger partial charge in [-0.1, -0.05) is 18.2 Å². The molecule has 0 saturated carbocycles. The number of nitro benzene ring substituents is 1. The summed E-state index contributed by atoms with van der Waals surface area (Å²) >= 11 is 0. The van der Waals surface area contributed by atoms with Crippen molar-refractivity contribution < 1.29 is 13.9 Å². The lowest BCUT2D eigenvalue weighted by Gasteiger charge is -2.13. The van der Waals surface area contributed by atoms with Crippen LogP contribution in [0.5, 0.6) is 0 Å². The maximum Gasteiger partial charge on any atom is 0.269 e. The van der Waals surface area contributed by atoms with Crippen LogP contribution in [0.15, 0.2) is 53.4 Å². The van der Waals surface area contributed by atoms with E-state index in [0.717, 1.165) is 5.56 Å². The normalized spacial score (nSPS) is 16.6. The number of nitrogens with zero attached hydrogens (tertiary/aromatic N) is 2. The molecule has 0 aliphatic carbocycles. The Kier molecular flexibility index (Phi) is 3.26. The molecule has 1 aliphatic rings. The Bertz CT molecular complexity index is 758. The summed E-state index contributed by atoms with van der Waals surface area (Å²) in [6.45, 7) is 0.276. The Balaban J connectivity index is 1.87. The van der Waals surface area contributed by atoms with Crippen molar-refractivity contribution in [2.24, 2.45) is 0 Å². The molecule has 0 saturated heterocycles. The SMILES string of the molecule is O=C(c1ccc([N+](=O)[O-])cc1)N1Cc2ccccc2S1=O. The van der Waals surface area contributed by atoms with Gasteiger partial charge in [0.25, 0.3) is 11.6 Å². The van der Waals surface area contributed by atoms with E-state index in [0.29, 0.717) is 4.90 Å². The molecule has 0 radical (unpaired) electrons. The van der Waals surface area contributed by atoms with Gasteiger partial charge in [-0.15, -0.1) is 0 Å². The number of carbonyl (C=O) groups excluding carboxylic acids is 1. The van der Waals surface area contributed by atoms with Crippen LogP contribution in [0.4, 0.5) is 5.69 Å². The molecular weight excluding hydrogens is 292 g/mol. The highest BCUT2D eigenvalue weighted by Gasteiger charge is 2.31. The number of amides is 1. The molecule has 1 amide bonds. The van der Waals surface area contributed by atoms with E-state index in [-0.39, 0.29) is 17.8 Å². The van der Waals surface area contributed by atoms with Gasteiger partial charge in [0.2, 0.25) is 0 Å². The van der Waals surface area contributed by atoms with E-state index >= 15 is 0 Å². The lowest BCUT2D eigenvalue weighted by molar-refractivity contribution is -0.384. The first-order chi connectivity index (χ1) is 10.1. The molecule has 0 bridgehead atoms. The van der Waals surface area contributed by atoms with E-state index in [1.165, 1.54) is 28.6 Å². The standard InChI is InChI=1S/C14H10N2O4S/c17-14(10-5-7-12(8-6-10)16(18)19)15-9-11-3-1-2-4-13(11)21(15)20/h1-8H,9H2. The molecule has 106 valence electrons. The van der Waals surface area contributed by atoms with Gasteiger partial charge in [-0.25, -0.2) is 8.51 Å². The minimum Gasteiger partial charge on any atom is -0.268 e. The first-order valence-corrected chi connectivity index (χ1v) is 7.25. The van der Waals surface area contributed by atoms with E-state index in [1.54, 1.807) is 12.1 Å². The van der Waals surface area contributed by atoms with Crippen molar-refractivity contribution in [2.75, 3.05) is 0 Å². The number of fused-ring (bicyclic) bond motifs is 1. The third-order valence-corrected chi connectivity index (χ3v) is 4.70. The van der Waals surface area contributed by atoms with Crippen molar-refractivity contribution in [2.45, 2.75) is 11.4 Å². The van der Waals surface area contributed by atoms with Gasteiger partial charge < -0.3 is 0 Å². The second-order valence-electron chi connectivity index (χ2n) is 4.50. The predicted octanol–water partition coefficient (Wildman–Crippen LogP) is 2.27. The van der Waals surface area contributed by atoms with Crippen LogP contribution in [0.25, 0.3) is 0 Å². The Labute approximate surface area is 122 Å². The maximum absolute atomic E-state index is 12.4. The molecule has 2 aromatic rings. The summed E-state index contributed by atoms with van der Waals surface area (Å²) < 4.78 is 13.6. The van der Waals surface area contributed by atoms with Crippen LogP contribution in [0.2, 0.25) is 0 Å². The summed E-state index contributed by atoms with van der Waals surface area (Å²) in [4.78, 5) is 23.1. The van der Waals surface area contributed by atoms with E-state index in [9.17, 15) is 19.1 Å². The lowest BCUT2D eigenvalue weighted by Crippen LogP contribution is -2.27. The van der Waals surface area contributed by atoms with Gasteiger partial charge in [0, 0.05) is 17.7 Å². The average molecular weight is 302 g/mol. The summed E-state index contributed by atoms with van der Waals surface area (Å²) in [5.74, 6) is -0.403. The van der Waals surface area contributed by atoms with E-state index < -0.39 is 21.8 Å². The zero-order valence-electron chi connectivity index (χ0n) is 10.8. The molecule has 0 fully saturated rings. The molecule has 7 heteroatoms. The Hall–Kier alpha value is -2.54. The van der Waals surface area contributed by atoms with Crippen molar-refractivity contribution in [1.29, 1.82) is 0 Å². The third kappa shape index (κ3) is 2.31. The fourth-order valence-corrected chi connectivity index (χ4v) is 3.46. The number of hydrogen-bond acceptors (Lipinski definition) is 4. The van der Waals surface area contributed by atoms with Gasteiger partial charge in [0.1, 0.15) is 0 Å². The van der Waals surface area contributed by atoms with Crippen LogP contribution < -0.4 is 0 Å². The molecule has 1 aliphatic heterocycles. The topological polar surface area (TPSA) is 80.5 Å². The number of benzene rings is 2. The Morgan fingerprint density at radius 1 is 1.14 bits per heavy atom. The number of carbonyl (C=O) groups is 1. The van der Waals surface area contributed by atoms with Crippen molar-refractivity contribution in [3.05, 3.63) is 69.8 Å². The molecule has 1 heterocycles. The highest BCUT2D eigenvalue weighted by atomic mass is 32.2. The molecule has 1 unspecified atom stereocenters. The summed E-state index contributed by atoms with van der Waals surface area (Å²) in [7, 11) is -1.53. The van der Waals surface area contributed by atoms with Crippen molar-refractivity contribution in [1.82, 2.24) is 4.31 Å². The fraction of sp³-hybridized carbons (Fsp3) is 0.0714. The van der Waals surface area contributed by atoms with Crippen LogP contribution in [-0.2, 0) is 17.5 Å². The zero-order chi connectivity index (χ0) is 15.0. The highest BCUT2D eigenvalue weighted by molar-refractivity contribution is 7.83. The summed E-state index contributed by atoms with van der Waals surface area (Å²) in [6, 6.07) is 12.4. The van der Waals surface area contributed by atoms with E-state index in [4.69, 9.17) is 0 Å². The van der Waals surface area contributed by atoms with Crippen LogP contribution in [0.1, 0.15) is 15.9 Å². The fourth-order valence-electron chi connectivity index (χ4n) is 2.15. The van der Waals surface area contributed by atoms with Crippen molar-refractivity contribution in [3.8, 4) is 0 Å². The second kappa shape index (κ2) is 5.10. The quantitative estimate of drug-likeness (QED) is 0.629. The minimum atomic E-state index is -1.53. The van der Waals surface area contributed by atoms with Crippen molar-refractivity contribution in [3.63, 3.8) is 0 Å². The summed E-state index contributed by atoms with van der Waals surface area (Å²) in [5.41, 5.74) is 1.05. The molecule has 6 nitrogen and oxygen atoms in total.